The summed E-state index contributed by atoms with van der Waals surface area (Å²) in [6, 6.07) is 0. The van der Waals surface area contributed by atoms with E-state index < -0.39 is 26.3 Å². The number of nitrogens with two attached hydrogens (primary N) is 1. The molecule has 0 saturated heterocycles. The molecule has 0 aliphatic rings. The highest BCUT2D eigenvalue weighted by Gasteiger charge is 2.21. The van der Waals surface area contributed by atoms with E-state index in [4.69, 9.17) is 15.5 Å². The minimum Gasteiger partial charge on any atom is -0.420 e. The van der Waals surface area contributed by atoms with Crippen molar-refractivity contribution in [2.75, 3.05) is 12.5 Å². The lowest BCUT2D eigenvalue weighted by atomic mass is 10.3. The quantitative estimate of drug-likeness (QED) is 0.470. The van der Waals surface area contributed by atoms with Crippen LogP contribution in [0, 0.1) is 6.92 Å². The number of phosphoric ester groups is 1. The van der Waals surface area contributed by atoms with E-state index in [0.717, 1.165) is 0 Å². The van der Waals surface area contributed by atoms with Gasteiger partial charge in [-0.2, -0.15) is 5.10 Å². The molecule has 0 aromatic carbocycles. The van der Waals surface area contributed by atoms with Crippen molar-refractivity contribution in [2.24, 2.45) is 7.05 Å². The minimum absolute atomic E-state index is 0.0860. The third-order valence-electron chi connectivity index (χ3n) is 2.77. The number of rotatable bonds is 3. The van der Waals surface area contributed by atoms with Crippen LogP contribution < -0.4 is 11.3 Å². The third kappa shape index (κ3) is 2.99. The number of nitrogen functional groups attached to an aromatic ring is 1. The Kier molecular flexibility index (Phi) is 4.02. The van der Waals surface area contributed by atoms with Crippen molar-refractivity contribution in [3.63, 3.8) is 0 Å². The fourth-order valence-corrected chi connectivity index (χ4v) is 1.87. The Morgan fingerprint density at radius 1 is 1.41 bits per heavy atom. The molecule has 0 fully saturated rings. The Morgan fingerprint density at radius 2 is 2.05 bits per heavy atom. The topological polar surface area (TPSA) is 172 Å². The monoisotopic (exact) mass is 333 g/mol. The highest BCUT2D eigenvalue weighted by atomic mass is 31.2. The van der Waals surface area contributed by atoms with Crippen molar-refractivity contribution in [3.05, 3.63) is 16.0 Å². The number of anilines is 1. The molecular weight excluding hydrogens is 321 g/mol. The second-order valence-electron chi connectivity index (χ2n) is 4.18. The van der Waals surface area contributed by atoms with Crippen LogP contribution in [0.4, 0.5) is 10.6 Å². The zero-order chi connectivity index (χ0) is 16.7. The standard InChI is InChI=1S/C9H12N5O7P/c1-4-5-6(11-13(4)2)7(10)12-14(8(5)15)9(16)20-3-21-22(17,18)19/h3H2,1-2H3,(H2,10,12)(H2,17,18,19). The smallest absolute Gasteiger partial charge is 0.420 e. The van der Waals surface area contributed by atoms with Gasteiger partial charge in [-0.1, -0.05) is 0 Å². The number of hydrogen-bond acceptors (Lipinski definition) is 8. The highest BCUT2D eigenvalue weighted by molar-refractivity contribution is 7.46. The van der Waals surface area contributed by atoms with Crippen LogP contribution in [0.25, 0.3) is 10.9 Å². The molecule has 0 unspecified atom stereocenters. The molecule has 12 nitrogen and oxygen atoms in total. The SMILES string of the molecule is Cc1c2c(=O)n(C(=O)OCOP(=O)(O)O)nc(N)c2nn1C. The van der Waals surface area contributed by atoms with Gasteiger partial charge in [0.1, 0.15) is 5.52 Å². The van der Waals surface area contributed by atoms with Crippen LogP contribution >= 0.6 is 7.82 Å². The molecule has 0 atom stereocenters. The number of phosphoric acid groups is 1. The molecule has 0 radical (unpaired) electrons. The van der Waals surface area contributed by atoms with Crippen LogP contribution in [-0.4, -0.2) is 42.2 Å². The van der Waals surface area contributed by atoms with E-state index in [2.05, 4.69) is 19.5 Å². The number of hydrogen-bond donors (Lipinski definition) is 3. The Balaban J connectivity index is 2.38. The maximum absolute atomic E-state index is 12.2. The van der Waals surface area contributed by atoms with Gasteiger partial charge in [0.15, 0.2) is 5.82 Å². The molecule has 0 spiro atoms. The number of ether oxygens (including phenoxy) is 1. The average Bonchev–Trinajstić information content (AvgIpc) is 2.69. The summed E-state index contributed by atoms with van der Waals surface area (Å²) in [5, 5.41) is 7.64. The van der Waals surface area contributed by atoms with E-state index >= 15 is 0 Å². The van der Waals surface area contributed by atoms with Crippen LogP contribution in [0.15, 0.2) is 4.79 Å². The van der Waals surface area contributed by atoms with Crippen LogP contribution in [0.3, 0.4) is 0 Å². The average molecular weight is 333 g/mol. The van der Waals surface area contributed by atoms with Gasteiger partial charge < -0.3 is 20.3 Å². The molecule has 4 N–H and O–H groups in total. The maximum atomic E-state index is 12.2. The van der Waals surface area contributed by atoms with E-state index in [1.165, 1.54) is 4.68 Å². The predicted molar refractivity (Wildman–Crippen MR) is 71.8 cm³/mol. The molecule has 0 bridgehead atoms. The first-order valence-electron chi connectivity index (χ1n) is 5.71. The molecule has 13 heteroatoms. The van der Waals surface area contributed by atoms with Crippen LogP contribution in [-0.2, 0) is 20.9 Å². The van der Waals surface area contributed by atoms with Crippen LogP contribution in [0.5, 0.6) is 0 Å². The Labute approximate surface area is 122 Å². The zero-order valence-corrected chi connectivity index (χ0v) is 12.4. The van der Waals surface area contributed by atoms with E-state index in [0.29, 0.717) is 10.4 Å². The molecule has 22 heavy (non-hydrogen) atoms. The van der Waals surface area contributed by atoms with E-state index in [1.54, 1.807) is 14.0 Å². The van der Waals surface area contributed by atoms with Crippen molar-refractivity contribution < 1.29 is 28.4 Å². The van der Waals surface area contributed by atoms with Crippen LogP contribution in [0.1, 0.15) is 5.69 Å². The highest BCUT2D eigenvalue weighted by Crippen LogP contribution is 2.35. The summed E-state index contributed by atoms with van der Waals surface area (Å²) >= 11 is 0. The van der Waals surface area contributed by atoms with Gasteiger partial charge in [0.25, 0.3) is 5.56 Å². The van der Waals surface area contributed by atoms with Gasteiger partial charge in [-0.3, -0.25) is 9.48 Å². The summed E-state index contributed by atoms with van der Waals surface area (Å²) in [6.07, 6.45) is -1.30. The van der Waals surface area contributed by atoms with Crippen molar-refractivity contribution in [2.45, 2.75) is 6.92 Å². The third-order valence-corrected chi connectivity index (χ3v) is 3.21. The maximum Gasteiger partial charge on any atom is 0.472 e. The Hall–Kier alpha value is -2.27. The normalized spacial score (nSPS) is 11.8. The van der Waals surface area contributed by atoms with Gasteiger partial charge in [0.2, 0.25) is 6.79 Å². The number of fused-ring (bicyclic) bond motifs is 1. The summed E-state index contributed by atoms with van der Waals surface area (Å²) in [5.41, 5.74) is 5.41. The van der Waals surface area contributed by atoms with Gasteiger partial charge in [0, 0.05) is 12.7 Å². The van der Waals surface area contributed by atoms with Crippen molar-refractivity contribution in [3.8, 4) is 0 Å². The predicted octanol–water partition coefficient (Wildman–Crippen LogP) is -0.928. The molecule has 2 heterocycles. The molecule has 2 aromatic rings. The van der Waals surface area contributed by atoms with E-state index in [9.17, 15) is 14.2 Å². The lowest BCUT2D eigenvalue weighted by Crippen LogP contribution is -2.31. The first-order valence-corrected chi connectivity index (χ1v) is 7.24. The first kappa shape index (κ1) is 16.1. The van der Waals surface area contributed by atoms with Gasteiger partial charge in [0.05, 0.1) is 5.39 Å². The summed E-state index contributed by atoms with van der Waals surface area (Å²) in [6.45, 7) is 0.546. The van der Waals surface area contributed by atoms with Crippen molar-refractivity contribution >= 4 is 30.6 Å². The Morgan fingerprint density at radius 3 is 2.64 bits per heavy atom. The largest absolute Gasteiger partial charge is 0.472 e. The molecule has 2 aromatic heterocycles. The van der Waals surface area contributed by atoms with Gasteiger partial charge in [-0.15, -0.1) is 9.78 Å². The minimum atomic E-state index is -4.80. The van der Waals surface area contributed by atoms with E-state index in [1.807, 2.05) is 0 Å². The summed E-state index contributed by atoms with van der Waals surface area (Å²) in [7, 11) is -3.21. The second-order valence-corrected chi connectivity index (χ2v) is 5.42. The van der Waals surface area contributed by atoms with Gasteiger partial charge in [-0.05, 0) is 6.92 Å². The van der Waals surface area contributed by atoms with Gasteiger partial charge >= 0.3 is 13.9 Å². The molecular formula is C9H12N5O7P. The molecule has 2 rings (SSSR count). The number of nitrogens with zero attached hydrogens (tertiary/aromatic N) is 4. The molecule has 0 aliphatic carbocycles. The lowest BCUT2D eigenvalue weighted by Gasteiger charge is -2.07. The number of aromatic nitrogens is 4. The van der Waals surface area contributed by atoms with Crippen molar-refractivity contribution in [1.82, 2.24) is 19.6 Å². The number of carbonyl (C=O) groups excluding carboxylic acids is 1. The molecule has 120 valence electrons. The van der Waals surface area contributed by atoms with Gasteiger partial charge in [-0.25, -0.2) is 13.9 Å². The summed E-state index contributed by atoms with van der Waals surface area (Å²) in [5.74, 6) is -0.175. The zero-order valence-electron chi connectivity index (χ0n) is 11.5. The summed E-state index contributed by atoms with van der Waals surface area (Å²) in [4.78, 5) is 40.9. The fraction of sp³-hybridized carbons (Fsp3) is 0.333. The Bertz CT molecular complexity index is 850. The fourth-order valence-electron chi connectivity index (χ4n) is 1.68. The number of aryl methyl sites for hydroxylation is 2. The molecule has 0 saturated carbocycles. The summed E-state index contributed by atoms with van der Waals surface area (Å²) < 4.78 is 20.5. The first-order chi connectivity index (χ1) is 10.1. The van der Waals surface area contributed by atoms with Crippen molar-refractivity contribution in [1.29, 1.82) is 0 Å². The number of carbonyl (C=O) groups is 1. The van der Waals surface area contributed by atoms with Crippen LogP contribution in [0.2, 0.25) is 0 Å². The lowest BCUT2D eigenvalue weighted by molar-refractivity contribution is 0.0385. The molecule has 0 amide bonds. The second kappa shape index (κ2) is 5.50. The van der Waals surface area contributed by atoms with E-state index in [-0.39, 0.29) is 16.7 Å². The molecule has 0 aliphatic heterocycles.